The summed E-state index contributed by atoms with van der Waals surface area (Å²) >= 11 is 0. The van der Waals surface area contributed by atoms with Crippen molar-refractivity contribution in [2.45, 2.75) is 12.0 Å². The second-order valence-electron chi connectivity index (χ2n) is 6.82. The molecule has 2 N–H and O–H groups in total. The number of carbonyl (C=O) groups excluding carboxylic acids is 1. The number of hydrogen-bond donors (Lipinski definition) is 2. The van der Waals surface area contributed by atoms with Crippen molar-refractivity contribution in [3.8, 4) is 11.5 Å². The van der Waals surface area contributed by atoms with Crippen molar-refractivity contribution < 1.29 is 23.0 Å². The van der Waals surface area contributed by atoms with Crippen LogP contribution in [0.2, 0.25) is 0 Å². The lowest BCUT2D eigenvalue weighted by Crippen LogP contribution is -2.68. The van der Waals surface area contributed by atoms with E-state index in [0.29, 0.717) is 13.0 Å². The van der Waals surface area contributed by atoms with E-state index in [4.69, 9.17) is 14.9 Å². The van der Waals surface area contributed by atoms with Crippen LogP contribution in [0.1, 0.15) is 12.0 Å². The highest BCUT2D eigenvalue weighted by Crippen LogP contribution is 2.41. The number of benzene rings is 1. The molecule has 1 aromatic carbocycles. The van der Waals surface area contributed by atoms with E-state index < -0.39 is 23.1 Å². The fraction of sp³-hybridized carbons (Fsp3) is 0.316. The summed E-state index contributed by atoms with van der Waals surface area (Å²) in [7, 11) is 1.50. The Bertz CT molecular complexity index is 955. The van der Waals surface area contributed by atoms with E-state index in [9.17, 15) is 13.6 Å². The molecule has 0 saturated carbocycles. The minimum Gasteiger partial charge on any atom is -0.456 e. The van der Waals surface area contributed by atoms with Gasteiger partial charge >= 0.3 is 0 Å². The predicted molar refractivity (Wildman–Crippen MR) is 94.9 cm³/mol. The zero-order valence-electron chi connectivity index (χ0n) is 15.0. The molecule has 7 nitrogen and oxygen atoms in total. The van der Waals surface area contributed by atoms with Crippen molar-refractivity contribution in [3.63, 3.8) is 0 Å². The molecule has 2 saturated heterocycles. The Morgan fingerprint density at radius 3 is 2.93 bits per heavy atom. The molecule has 2 fully saturated rings. The lowest BCUT2D eigenvalue weighted by molar-refractivity contribution is -0.143. The maximum atomic E-state index is 14.9. The minimum atomic E-state index is -1.22. The number of carbonyl (C=O) groups is 1. The SMILES string of the molecule is CN1C(=N)N[C@@]2(c3cc(Oc4cncc(F)c4)ccc3F)COCC[C@H]2C1=O. The van der Waals surface area contributed by atoms with E-state index in [1.165, 1.54) is 36.3 Å². The second-order valence-corrected chi connectivity index (χ2v) is 6.82. The summed E-state index contributed by atoms with van der Waals surface area (Å²) in [5.74, 6) is -1.71. The Morgan fingerprint density at radius 2 is 2.14 bits per heavy atom. The topological polar surface area (TPSA) is 87.5 Å². The standard InChI is InChI=1S/C19H18F2N4O3/c1-25-17(26)14-4-5-27-10-19(14,24-18(25)22)15-7-12(2-3-16(15)21)28-13-6-11(20)8-23-9-13/h2-3,6-9,14H,4-5,10H2,1H3,(H2,22,24)/t14-,19-/m0/s1. The summed E-state index contributed by atoms with van der Waals surface area (Å²) in [5.41, 5.74) is -1.06. The number of aromatic nitrogens is 1. The molecule has 2 atom stereocenters. The van der Waals surface area contributed by atoms with E-state index in [2.05, 4.69) is 10.3 Å². The average Bonchev–Trinajstić information content (AvgIpc) is 2.68. The van der Waals surface area contributed by atoms with Crippen LogP contribution in [0.4, 0.5) is 8.78 Å². The average molecular weight is 388 g/mol. The molecule has 2 aliphatic rings. The first-order valence-corrected chi connectivity index (χ1v) is 8.71. The quantitative estimate of drug-likeness (QED) is 0.843. The molecule has 0 unspecified atom stereocenters. The van der Waals surface area contributed by atoms with Gasteiger partial charge in [-0.15, -0.1) is 0 Å². The van der Waals surface area contributed by atoms with Gasteiger partial charge in [0, 0.05) is 25.3 Å². The Kier molecular flexibility index (Phi) is 4.46. The van der Waals surface area contributed by atoms with Crippen LogP contribution in [0.15, 0.2) is 36.7 Å². The molecule has 0 radical (unpaired) electrons. The van der Waals surface area contributed by atoms with Gasteiger partial charge in [-0.1, -0.05) is 0 Å². The molecule has 28 heavy (non-hydrogen) atoms. The largest absolute Gasteiger partial charge is 0.456 e. The van der Waals surface area contributed by atoms with Crippen LogP contribution in [-0.4, -0.2) is 42.0 Å². The van der Waals surface area contributed by atoms with Crippen molar-refractivity contribution >= 4 is 11.9 Å². The van der Waals surface area contributed by atoms with Gasteiger partial charge in [-0.25, -0.2) is 8.78 Å². The zero-order valence-corrected chi connectivity index (χ0v) is 15.0. The number of fused-ring (bicyclic) bond motifs is 1. The molecule has 4 rings (SSSR count). The summed E-state index contributed by atoms with van der Waals surface area (Å²) < 4.78 is 39.4. The first-order chi connectivity index (χ1) is 13.4. The predicted octanol–water partition coefficient (Wildman–Crippen LogP) is 2.38. The van der Waals surface area contributed by atoms with Crippen LogP contribution in [0.3, 0.4) is 0 Å². The van der Waals surface area contributed by atoms with Gasteiger partial charge in [0.15, 0.2) is 5.96 Å². The van der Waals surface area contributed by atoms with E-state index in [-0.39, 0.29) is 35.5 Å². The maximum Gasteiger partial charge on any atom is 0.235 e. The number of nitrogens with one attached hydrogen (secondary N) is 2. The van der Waals surface area contributed by atoms with E-state index >= 15 is 0 Å². The lowest BCUT2D eigenvalue weighted by atomic mass is 9.73. The Morgan fingerprint density at radius 1 is 1.32 bits per heavy atom. The van der Waals surface area contributed by atoms with Crippen LogP contribution in [0.5, 0.6) is 11.5 Å². The molecule has 0 aliphatic carbocycles. The molecule has 0 bridgehead atoms. The molecule has 2 aromatic rings. The van der Waals surface area contributed by atoms with Crippen LogP contribution in [0, 0.1) is 23.0 Å². The molecule has 2 aliphatic heterocycles. The highest BCUT2D eigenvalue weighted by Gasteiger charge is 2.53. The molecule has 3 heterocycles. The van der Waals surface area contributed by atoms with Crippen LogP contribution < -0.4 is 10.1 Å². The molecule has 9 heteroatoms. The normalized spacial score (nSPS) is 24.5. The monoisotopic (exact) mass is 388 g/mol. The molecule has 146 valence electrons. The maximum absolute atomic E-state index is 14.9. The van der Waals surface area contributed by atoms with Gasteiger partial charge in [0.2, 0.25) is 5.91 Å². The van der Waals surface area contributed by atoms with Gasteiger partial charge < -0.3 is 14.8 Å². The molecule has 0 spiro atoms. The third-order valence-corrected chi connectivity index (χ3v) is 5.11. The smallest absolute Gasteiger partial charge is 0.235 e. The number of pyridine rings is 1. The molecular weight excluding hydrogens is 370 g/mol. The molecular formula is C19H18F2N4O3. The minimum absolute atomic E-state index is 0.0293. The van der Waals surface area contributed by atoms with Gasteiger partial charge in [-0.05, 0) is 24.6 Å². The summed E-state index contributed by atoms with van der Waals surface area (Å²) in [4.78, 5) is 17.7. The highest BCUT2D eigenvalue weighted by atomic mass is 19.1. The Labute approximate surface area is 159 Å². The third-order valence-electron chi connectivity index (χ3n) is 5.11. The van der Waals surface area contributed by atoms with Crippen molar-refractivity contribution in [1.29, 1.82) is 5.41 Å². The summed E-state index contributed by atoms with van der Waals surface area (Å²) in [6.45, 7) is 0.398. The second kappa shape index (κ2) is 6.83. The lowest BCUT2D eigenvalue weighted by Gasteiger charge is -2.49. The van der Waals surface area contributed by atoms with Gasteiger partial charge in [0.25, 0.3) is 0 Å². The molecule has 1 aromatic heterocycles. The van der Waals surface area contributed by atoms with E-state index in [1.807, 2.05) is 0 Å². The number of rotatable bonds is 3. The number of guanidine groups is 1. The summed E-state index contributed by atoms with van der Waals surface area (Å²) in [5, 5.41) is 11.0. The van der Waals surface area contributed by atoms with E-state index in [0.717, 1.165) is 12.3 Å². The van der Waals surface area contributed by atoms with Gasteiger partial charge in [0.05, 0.1) is 24.9 Å². The van der Waals surface area contributed by atoms with Crippen LogP contribution in [-0.2, 0) is 15.1 Å². The molecule has 1 amide bonds. The Balaban J connectivity index is 1.76. The summed E-state index contributed by atoms with van der Waals surface area (Å²) in [6.07, 6.45) is 2.78. The van der Waals surface area contributed by atoms with E-state index in [1.54, 1.807) is 0 Å². The van der Waals surface area contributed by atoms with Crippen LogP contribution >= 0.6 is 0 Å². The number of ether oxygens (including phenoxy) is 2. The van der Waals surface area contributed by atoms with Crippen molar-refractivity contribution in [3.05, 3.63) is 53.9 Å². The summed E-state index contributed by atoms with van der Waals surface area (Å²) in [6, 6.07) is 5.22. The van der Waals surface area contributed by atoms with Gasteiger partial charge in [-0.2, -0.15) is 0 Å². The highest BCUT2D eigenvalue weighted by molar-refractivity contribution is 6.00. The Hall–Kier alpha value is -3.07. The third kappa shape index (κ3) is 2.97. The zero-order chi connectivity index (χ0) is 19.9. The number of nitrogens with zero attached hydrogens (tertiary/aromatic N) is 2. The van der Waals surface area contributed by atoms with Crippen molar-refractivity contribution in [2.24, 2.45) is 5.92 Å². The fourth-order valence-electron chi connectivity index (χ4n) is 3.70. The van der Waals surface area contributed by atoms with Crippen LogP contribution in [0.25, 0.3) is 0 Å². The number of amides is 1. The fourth-order valence-corrected chi connectivity index (χ4v) is 3.70. The van der Waals surface area contributed by atoms with Gasteiger partial charge in [-0.3, -0.25) is 20.1 Å². The van der Waals surface area contributed by atoms with Crippen molar-refractivity contribution in [1.82, 2.24) is 15.2 Å². The first kappa shape index (κ1) is 18.3. The van der Waals surface area contributed by atoms with Crippen molar-refractivity contribution in [2.75, 3.05) is 20.3 Å². The first-order valence-electron chi connectivity index (χ1n) is 8.71. The number of hydrogen-bond acceptors (Lipinski definition) is 5. The van der Waals surface area contributed by atoms with Gasteiger partial charge in [0.1, 0.15) is 28.7 Å². The number of halogens is 2.